The predicted molar refractivity (Wildman–Crippen MR) is 68.9 cm³/mol. The SMILES string of the molecule is CN1CCC(C(=O)N2CCNCC2(C)C)CC1. The Balaban J connectivity index is 1.99. The Hall–Kier alpha value is -0.610. The van der Waals surface area contributed by atoms with E-state index in [1.54, 1.807) is 0 Å². The highest BCUT2D eigenvalue weighted by atomic mass is 16.2. The summed E-state index contributed by atoms with van der Waals surface area (Å²) in [6.45, 7) is 9.13. The average Bonchev–Trinajstić information content (AvgIpc) is 2.28. The van der Waals surface area contributed by atoms with Crippen LogP contribution in [-0.4, -0.2) is 61.0 Å². The van der Waals surface area contributed by atoms with Gasteiger partial charge in [-0.3, -0.25) is 4.79 Å². The van der Waals surface area contributed by atoms with Crippen LogP contribution in [0, 0.1) is 5.92 Å². The summed E-state index contributed by atoms with van der Waals surface area (Å²) in [4.78, 5) is 17.0. The number of hydrogen-bond acceptors (Lipinski definition) is 3. The molecule has 1 N–H and O–H groups in total. The van der Waals surface area contributed by atoms with Gasteiger partial charge in [-0.2, -0.15) is 0 Å². The van der Waals surface area contributed by atoms with Crippen molar-refractivity contribution in [3.05, 3.63) is 0 Å². The van der Waals surface area contributed by atoms with Crippen molar-refractivity contribution < 1.29 is 4.79 Å². The summed E-state index contributed by atoms with van der Waals surface area (Å²) in [6.07, 6.45) is 2.05. The van der Waals surface area contributed by atoms with Crippen LogP contribution < -0.4 is 5.32 Å². The maximum Gasteiger partial charge on any atom is 0.226 e. The summed E-state index contributed by atoms with van der Waals surface area (Å²) in [7, 11) is 2.13. The summed E-state index contributed by atoms with van der Waals surface area (Å²) < 4.78 is 0. The first kappa shape index (κ1) is 12.8. The molecule has 2 fully saturated rings. The van der Waals surface area contributed by atoms with Gasteiger partial charge in [-0.25, -0.2) is 0 Å². The van der Waals surface area contributed by atoms with Crippen molar-refractivity contribution in [1.29, 1.82) is 0 Å². The van der Waals surface area contributed by atoms with Crippen LogP contribution in [0.5, 0.6) is 0 Å². The summed E-state index contributed by atoms with van der Waals surface area (Å²) in [5.41, 5.74) is -0.0291. The minimum absolute atomic E-state index is 0.0291. The molecule has 0 aromatic rings. The normalized spacial score (nSPS) is 27.1. The second kappa shape index (κ2) is 4.94. The Morgan fingerprint density at radius 2 is 1.88 bits per heavy atom. The number of amides is 1. The maximum atomic E-state index is 12.6. The van der Waals surface area contributed by atoms with Gasteiger partial charge in [0.1, 0.15) is 0 Å². The van der Waals surface area contributed by atoms with Gasteiger partial charge >= 0.3 is 0 Å². The van der Waals surface area contributed by atoms with E-state index in [1.807, 2.05) is 0 Å². The standard InChI is InChI=1S/C13H25N3O/c1-13(2)10-14-6-9-16(13)12(17)11-4-7-15(3)8-5-11/h11,14H,4-10H2,1-3H3. The molecule has 0 atom stereocenters. The molecule has 0 radical (unpaired) electrons. The minimum atomic E-state index is -0.0291. The number of likely N-dealkylation sites (tertiary alicyclic amines) is 1. The third kappa shape index (κ3) is 2.80. The summed E-state index contributed by atoms with van der Waals surface area (Å²) >= 11 is 0. The number of carbonyl (C=O) groups excluding carboxylic acids is 1. The van der Waals surface area contributed by atoms with Gasteiger partial charge in [-0.05, 0) is 46.8 Å². The van der Waals surface area contributed by atoms with Gasteiger partial charge in [-0.15, -0.1) is 0 Å². The van der Waals surface area contributed by atoms with E-state index in [2.05, 4.69) is 36.0 Å². The number of rotatable bonds is 1. The summed E-state index contributed by atoms with van der Waals surface area (Å²) in [5.74, 6) is 0.633. The van der Waals surface area contributed by atoms with Crippen molar-refractivity contribution in [2.24, 2.45) is 5.92 Å². The van der Waals surface area contributed by atoms with Crippen molar-refractivity contribution in [2.75, 3.05) is 39.8 Å². The highest BCUT2D eigenvalue weighted by Gasteiger charge is 2.37. The zero-order chi connectivity index (χ0) is 12.5. The molecular formula is C13H25N3O. The molecule has 0 aromatic heterocycles. The number of hydrogen-bond donors (Lipinski definition) is 1. The largest absolute Gasteiger partial charge is 0.335 e. The lowest BCUT2D eigenvalue weighted by molar-refractivity contribution is -0.143. The van der Waals surface area contributed by atoms with Gasteiger partial charge in [0.15, 0.2) is 0 Å². The quantitative estimate of drug-likeness (QED) is 0.725. The Morgan fingerprint density at radius 1 is 1.24 bits per heavy atom. The topological polar surface area (TPSA) is 35.6 Å². The van der Waals surface area contributed by atoms with Crippen molar-refractivity contribution in [3.63, 3.8) is 0 Å². The molecule has 2 rings (SSSR count). The first-order valence-electron chi connectivity index (χ1n) is 6.71. The van der Waals surface area contributed by atoms with Crippen LogP contribution in [-0.2, 0) is 4.79 Å². The highest BCUT2D eigenvalue weighted by molar-refractivity contribution is 5.80. The predicted octanol–water partition coefficient (Wildman–Crippen LogP) is 0.539. The monoisotopic (exact) mass is 239 g/mol. The van der Waals surface area contributed by atoms with Gasteiger partial charge in [0.25, 0.3) is 0 Å². The molecule has 2 aliphatic heterocycles. The zero-order valence-corrected chi connectivity index (χ0v) is 11.3. The van der Waals surface area contributed by atoms with E-state index in [4.69, 9.17) is 0 Å². The van der Waals surface area contributed by atoms with Crippen molar-refractivity contribution in [3.8, 4) is 0 Å². The van der Waals surface area contributed by atoms with E-state index in [-0.39, 0.29) is 11.5 Å². The lowest BCUT2D eigenvalue weighted by Gasteiger charge is -2.45. The average molecular weight is 239 g/mol. The van der Waals surface area contributed by atoms with Crippen LogP contribution in [0.15, 0.2) is 0 Å². The first-order chi connectivity index (χ1) is 8.00. The van der Waals surface area contributed by atoms with E-state index < -0.39 is 0 Å². The third-order valence-corrected chi connectivity index (χ3v) is 4.13. The maximum absolute atomic E-state index is 12.6. The molecule has 4 nitrogen and oxygen atoms in total. The van der Waals surface area contributed by atoms with Gasteiger partial charge < -0.3 is 15.1 Å². The molecule has 0 unspecified atom stereocenters. The molecule has 2 saturated heterocycles. The van der Waals surface area contributed by atoms with E-state index in [9.17, 15) is 4.79 Å². The molecule has 2 heterocycles. The van der Waals surface area contributed by atoms with E-state index in [0.717, 1.165) is 45.6 Å². The summed E-state index contributed by atoms with van der Waals surface area (Å²) in [5, 5.41) is 3.37. The molecule has 0 saturated carbocycles. The number of piperazine rings is 1. The number of carbonyl (C=O) groups is 1. The Kier molecular flexibility index (Phi) is 3.73. The van der Waals surface area contributed by atoms with Crippen LogP contribution in [0.1, 0.15) is 26.7 Å². The molecule has 0 spiro atoms. The molecule has 2 aliphatic rings. The van der Waals surface area contributed by atoms with E-state index in [0.29, 0.717) is 5.91 Å². The molecule has 4 heteroatoms. The smallest absolute Gasteiger partial charge is 0.226 e. The third-order valence-electron chi connectivity index (χ3n) is 4.13. The second-order valence-corrected chi connectivity index (χ2v) is 6.06. The molecule has 17 heavy (non-hydrogen) atoms. The van der Waals surface area contributed by atoms with Crippen LogP contribution >= 0.6 is 0 Å². The Bertz CT molecular complexity index is 282. The summed E-state index contributed by atoms with van der Waals surface area (Å²) in [6, 6.07) is 0. The van der Waals surface area contributed by atoms with Crippen LogP contribution in [0.4, 0.5) is 0 Å². The second-order valence-electron chi connectivity index (χ2n) is 6.06. The van der Waals surface area contributed by atoms with Crippen molar-refractivity contribution in [1.82, 2.24) is 15.1 Å². The fourth-order valence-corrected chi connectivity index (χ4v) is 2.87. The minimum Gasteiger partial charge on any atom is -0.335 e. The van der Waals surface area contributed by atoms with Crippen LogP contribution in [0.25, 0.3) is 0 Å². The number of nitrogens with zero attached hydrogens (tertiary/aromatic N) is 2. The highest BCUT2D eigenvalue weighted by Crippen LogP contribution is 2.24. The van der Waals surface area contributed by atoms with E-state index >= 15 is 0 Å². The van der Waals surface area contributed by atoms with Crippen molar-refractivity contribution >= 4 is 5.91 Å². The lowest BCUT2D eigenvalue weighted by atomic mass is 9.91. The van der Waals surface area contributed by atoms with Gasteiger partial charge in [0, 0.05) is 31.1 Å². The Labute approximate surface area is 104 Å². The van der Waals surface area contributed by atoms with Gasteiger partial charge in [0.05, 0.1) is 0 Å². The first-order valence-corrected chi connectivity index (χ1v) is 6.71. The van der Waals surface area contributed by atoms with Gasteiger partial charge in [-0.1, -0.05) is 0 Å². The molecular weight excluding hydrogens is 214 g/mol. The zero-order valence-electron chi connectivity index (χ0n) is 11.3. The number of piperidine rings is 1. The van der Waals surface area contributed by atoms with E-state index in [1.165, 1.54) is 0 Å². The molecule has 0 bridgehead atoms. The Morgan fingerprint density at radius 3 is 2.47 bits per heavy atom. The van der Waals surface area contributed by atoms with Crippen LogP contribution in [0.2, 0.25) is 0 Å². The fraction of sp³-hybridized carbons (Fsp3) is 0.923. The van der Waals surface area contributed by atoms with Crippen molar-refractivity contribution in [2.45, 2.75) is 32.2 Å². The molecule has 0 aliphatic carbocycles. The molecule has 0 aromatic carbocycles. The lowest BCUT2D eigenvalue weighted by Crippen LogP contribution is -2.61. The molecule has 98 valence electrons. The molecule has 1 amide bonds. The van der Waals surface area contributed by atoms with Gasteiger partial charge in [0.2, 0.25) is 5.91 Å². The fourth-order valence-electron chi connectivity index (χ4n) is 2.87. The van der Waals surface area contributed by atoms with Crippen LogP contribution in [0.3, 0.4) is 0 Å². The number of nitrogens with one attached hydrogen (secondary N) is 1.